The highest BCUT2D eigenvalue weighted by molar-refractivity contribution is 5.82. The van der Waals surface area contributed by atoms with E-state index in [0.717, 1.165) is 56.3 Å². The van der Waals surface area contributed by atoms with Crippen molar-refractivity contribution in [3.63, 3.8) is 0 Å². The molecular weight excluding hydrogens is 303 g/mol. The van der Waals surface area contributed by atoms with Gasteiger partial charge in [-0.1, -0.05) is 26.2 Å². The Hall–Kier alpha value is -0.440. The molecule has 0 bridgehead atoms. The van der Waals surface area contributed by atoms with Crippen molar-refractivity contribution in [2.45, 2.75) is 90.1 Å². The lowest BCUT2D eigenvalue weighted by atomic mass is 9.58. The van der Waals surface area contributed by atoms with Crippen molar-refractivity contribution in [2.75, 3.05) is 6.86 Å². The fraction of sp³-hybridized carbons (Fsp3) is 0.952. The Bertz CT molecular complexity index is 430. The lowest BCUT2D eigenvalue weighted by molar-refractivity contribution is -0.133. The van der Waals surface area contributed by atoms with Crippen LogP contribution in [0, 0.1) is 29.6 Å². The first-order valence-corrected chi connectivity index (χ1v) is 10.3. The van der Waals surface area contributed by atoms with Gasteiger partial charge in [0.1, 0.15) is 5.78 Å². The van der Waals surface area contributed by atoms with Crippen LogP contribution in [0.1, 0.15) is 84.5 Å². The second-order valence-electron chi connectivity index (χ2n) is 8.86. The molecule has 0 saturated heterocycles. The van der Waals surface area contributed by atoms with Gasteiger partial charge in [0.05, 0.1) is 5.60 Å². The molecule has 3 aliphatic carbocycles. The first-order chi connectivity index (χ1) is 11.6. The van der Waals surface area contributed by atoms with Crippen molar-refractivity contribution in [3.05, 3.63) is 0 Å². The summed E-state index contributed by atoms with van der Waals surface area (Å²) >= 11 is 0. The van der Waals surface area contributed by atoms with E-state index in [0.29, 0.717) is 11.7 Å². The van der Waals surface area contributed by atoms with Crippen molar-refractivity contribution in [1.82, 2.24) is 0 Å². The predicted molar refractivity (Wildman–Crippen MR) is 94.4 cm³/mol. The van der Waals surface area contributed by atoms with Crippen LogP contribution in [-0.4, -0.2) is 18.2 Å². The molecule has 3 rings (SSSR count). The minimum Gasteiger partial charge on any atom is -0.344 e. The van der Waals surface area contributed by atoms with Crippen LogP contribution in [0.15, 0.2) is 0 Å². The van der Waals surface area contributed by atoms with E-state index in [1.54, 1.807) is 0 Å². The predicted octanol–water partition coefficient (Wildman–Crippen LogP) is 5.69. The number of hydrogen-bond acceptors (Lipinski definition) is 2. The largest absolute Gasteiger partial charge is 0.344 e. The molecule has 0 aliphatic heterocycles. The van der Waals surface area contributed by atoms with Crippen LogP contribution in [0.3, 0.4) is 0 Å². The van der Waals surface area contributed by atoms with Crippen LogP contribution in [-0.2, 0) is 9.53 Å². The Morgan fingerprint density at radius 3 is 2.67 bits per heavy atom. The van der Waals surface area contributed by atoms with Crippen molar-refractivity contribution in [1.29, 1.82) is 0 Å². The normalized spacial score (nSPS) is 38.5. The van der Waals surface area contributed by atoms with Gasteiger partial charge in [-0.3, -0.25) is 4.79 Å². The average Bonchev–Trinajstić information content (AvgIpc) is 3.03. The minimum atomic E-state index is -0.717. The summed E-state index contributed by atoms with van der Waals surface area (Å²) in [6, 6.07) is 0. The zero-order valence-corrected chi connectivity index (χ0v) is 15.6. The molecule has 0 aromatic heterocycles. The third kappa shape index (κ3) is 3.71. The van der Waals surface area contributed by atoms with E-state index >= 15 is 0 Å². The lowest BCUT2D eigenvalue weighted by Gasteiger charge is -2.47. The van der Waals surface area contributed by atoms with Gasteiger partial charge < -0.3 is 4.74 Å². The highest BCUT2D eigenvalue weighted by Crippen LogP contribution is 2.54. The fourth-order valence-electron chi connectivity index (χ4n) is 6.35. The molecule has 0 spiro atoms. The Morgan fingerprint density at radius 1 is 1.08 bits per heavy atom. The van der Waals surface area contributed by atoms with E-state index in [2.05, 4.69) is 6.92 Å². The molecule has 0 amide bonds. The topological polar surface area (TPSA) is 26.3 Å². The van der Waals surface area contributed by atoms with Gasteiger partial charge in [-0.15, -0.1) is 0 Å². The lowest BCUT2D eigenvalue weighted by Crippen LogP contribution is -2.43. The van der Waals surface area contributed by atoms with Crippen molar-refractivity contribution < 1.29 is 13.9 Å². The van der Waals surface area contributed by atoms with Crippen molar-refractivity contribution in [2.24, 2.45) is 29.6 Å². The molecule has 3 saturated carbocycles. The minimum absolute atomic E-state index is 0.213. The highest BCUT2D eigenvalue weighted by Gasteiger charge is 2.48. The molecule has 6 atom stereocenters. The SMILES string of the molecule is CCCC(C)(CCC1C(=O)CCC2C3CCCC3CCC12)OCF. The molecule has 24 heavy (non-hydrogen) atoms. The van der Waals surface area contributed by atoms with Gasteiger partial charge in [-0.25, -0.2) is 4.39 Å². The number of ether oxygens (including phenoxy) is 1. The van der Waals surface area contributed by atoms with E-state index in [4.69, 9.17) is 4.74 Å². The van der Waals surface area contributed by atoms with Gasteiger partial charge in [-0.2, -0.15) is 0 Å². The van der Waals surface area contributed by atoms with Gasteiger partial charge in [0.2, 0.25) is 0 Å². The number of rotatable bonds is 7. The summed E-state index contributed by atoms with van der Waals surface area (Å²) in [5, 5.41) is 0. The van der Waals surface area contributed by atoms with Crippen molar-refractivity contribution in [3.8, 4) is 0 Å². The molecule has 138 valence electrons. The summed E-state index contributed by atoms with van der Waals surface area (Å²) in [5.74, 6) is 3.91. The Balaban J connectivity index is 1.66. The molecule has 2 nitrogen and oxygen atoms in total. The number of ketones is 1. The highest BCUT2D eigenvalue weighted by atomic mass is 19.1. The Kier molecular flexibility index (Phi) is 6.00. The summed E-state index contributed by atoms with van der Waals surface area (Å²) in [6.07, 6.45) is 12.3. The second-order valence-corrected chi connectivity index (χ2v) is 8.86. The summed E-state index contributed by atoms with van der Waals surface area (Å²) in [7, 11) is 0. The first-order valence-electron chi connectivity index (χ1n) is 10.3. The summed E-state index contributed by atoms with van der Waals surface area (Å²) in [6.45, 7) is 3.42. The van der Waals surface area contributed by atoms with E-state index in [1.165, 1.54) is 32.1 Å². The van der Waals surface area contributed by atoms with E-state index in [-0.39, 0.29) is 5.92 Å². The first kappa shape index (κ1) is 18.4. The Morgan fingerprint density at radius 2 is 1.92 bits per heavy atom. The molecular formula is C21H35FO2. The molecule has 0 N–H and O–H groups in total. The molecule has 3 aliphatic rings. The zero-order chi connectivity index (χ0) is 17.2. The third-order valence-electron chi connectivity index (χ3n) is 7.51. The average molecular weight is 339 g/mol. The molecule has 0 radical (unpaired) electrons. The smallest absolute Gasteiger partial charge is 0.188 e. The number of Topliss-reactive ketones (excluding diaryl/α,β-unsaturated/α-hetero) is 1. The van der Waals surface area contributed by atoms with Crippen LogP contribution >= 0.6 is 0 Å². The van der Waals surface area contributed by atoms with Crippen LogP contribution in [0.25, 0.3) is 0 Å². The zero-order valence-electron chi connectivity index (χ0n) is 15.6. The monoisotopic (exact) mass is 338 g/mol. The number of carbonyl (C=O) groups excluding carboxylic acids is 1. The van der Waals surface area contributed by atoms with Gasteiger partial charge in [0, 0.05) is 12.3 Å². The van der Waals surface area contributed by atoms with Gasteiger partial charge in [0.15, 0.2) is 6.86 Å². The summed E-state index contributed by atoms with van der Waals surface area (Å²) in [4.78, 5) is 12.7. The maximum Gasteiger partial charge on any atom is 0.188 e. The second kappa shape index (κ2) is 7.85. The number of carbonyl (C=O) groups is 1. The molecule has 3 heteroatoms. The number of alkyl halides is 1. The molecule has 6 unspecified atom stereocenters. The maximum atomic E-state index is 12.8. The van der Waals surface area contributed by atoms with E-state index < -0.39 is 12.5 Å². The van der Waals surface area contributed by atoms with E-state index in [9.17, 15) is 9.18 Å². The summed E-state index contributed by atoms with van der Waals surface area (Å²) < 4.78 is 18.2. The number of halogens is 1. The molecule has 0 aromatic carbocycles. The number of fused-ring (bicyclic) bond motifs is 3. The van der Waals surface area contributed by atoms with Crippen LogP contribution in [0.5, 0.6) is 0 Å². The van der Waals surface area contributed by atoms with Crippen LogP contribution in [0.2, 0.25) is 0 Å². The van der Waals surface area contributed by atoms with E-state index in [1.807, 2.05) is 6.92 Å². The van der Waals surface area contributed by atoms with Gasteiger partial charge in [-0.05, 0) is 75.5 Å². The van der Waals surface area contributed by atoms with Crippen molar-refractivity contribution >= 4 is 5.78 Å². The Labute approximate surface area is 146 Å². The maximum absolute atomic E-state index is 12.8. The van der Waals surface area contributed by atoms with Crippen LogP contribution < -0.4 is 0 Å². The van der Waals surface area contributed by atoms with Crippen LogP contribution in [0.4, 0.5) is 4.39 Å². The number of hydrogen-bond donors (Lipinski definition) is 0. The molecule has 0 aromatic rings. The standard InChI is InChI=1S/C21H35FO2/c1-3-12-21(2,24-14-22)13-11-19-18-8-7-15-5-4-6-16(15)17(18)9-10-20(19)23/h15-19H,3-14H2,1-2H3. The molecule has 3 fully saturated rings. The molecule has 0 heterocycles. The fourth-order valence-corrected chi connectivity index (χ4v) is 6.35. The quantitative estimate of drug-likeness (QED) is 0.596. The third-order valence-corrected chi connectivity index (χ3v) is 7.51. The summed E-state index contributed by atoms with van der Waals surface area (Å²) in [5.41, 5.74) is -0.402. The van der Waals surface area contributed by atoms with Gasteiger partial charge >= 0.3 is 0 Å². The van der Waals surface area contributed by atoms with Gasteiger partial charge in [0.25, 0.3) is 0 Å².